The molecule has 0 spiro atoms. The highest BCUT2D eigenvalue weighted by molar-refractivity contribution is 6.00. The van der Waals surface area contributed by atoms with Gasteiger partial charge in [0.05, 0.1) is 25.3 Å². The Labute approximate surface area is 304 Å². The molecule has 0 fully saturated rings. The number of nitrogens with two attached hydrogens (primary N) is 2. The number of aromatic hydroxyl groups is 1. The molecule has 2 aromatic rings. The number of esters is 4. The molecular weight excluding hydrogens is 709 g/mol. The monoisotopic (exact) mass is 754 g/mol. The second-order valence-electron chi connectivity index (χ2n) is 13.5. The summed E-state index contributed by atoms with van der Waals surface area (Å²) in [6.45, 7) is 9.89. The van der Waals surface area contributed by atoms with E-state index in [9.17, 15) is 42.3 Å². The van der Waals surface area contributed by atoms with E-state index in [1.807, 2.05) is 0 Å². The smallest absolute Gasteiger partial charge is 0.491 e. The summed E-state index contributed by atoms with van der Waals surface area (Å²) >= 11 is 0. The van der Waals surface area contributed by atoms with Crippen LogP contribution in [0, 0.1) is 0 Å². The number of carbonyl (C=O) groups is 5. The zero-order chi connectivity index (χ0) is 40.1. The van der Waals surface area contributed by atoms with Crippen molar-refractivity contribution in [2.75, 3.05) is 13.2 Å². The van der Waals surface area contributed by atoms with Gasteiger partial charge in [0.1, 0.15) is 28.6 Å². The number of phenols is 1. The Balaban J connectivity index is 2.03. The molecule has 15 nitrogen and oxygen atoms in total. The first kappa shape index (κ1) is 43.6. The first-order chi connectivity index (χ1) is 24.4. The van der Waals surface area contributed by atoms with Gasteiger partial charge in [0, 0.05) is 12.5 Å². The van der Waals surface area contributed by atoms with E-state index in [1.54, 1.807) is 53.7 Å². The number of hydrogen-bond acceptors (Lipinski definition) is 12. The van der Waals surface area contributed by atoms with Crippen molar-refractivity contribution < 1.29 is 65.9 Å². The highest BCUT2D eigenvalue weighted by Crippen LogP contribution is 2.32. The molecule has 0 aliphatic heterocycles. The Hall–Kier alpha value is -5.55. The molecule has 1 atom stereocenters. The summed E-state index contributed by atoms with van der Waals surface area (Å²) in [5, 5.41) is 13.0. The maximum Gasteiger partial charge on any atom is 0.491 e. The van der Waals surface area contributed by atoms with E-state index in [1.165, 1.54) is 18.2 Å². The van der Waals surface area contributed by atoms with Gasteiger partial charge < -0.3 is 45.6 Å². The van der Waals surface area contributed by atoms with E-state index in [4.69, 9.17) is 30.4 Å². The van der Waals surface area contributed by atoms with Crippen molar-refractivity contribution in [3.8, 4) is 17.2 Å². The van der Waals surface area contributed by atoms with Crippen LogP contribution >= 0.6 is 0 Å². The van der Waals surface area contributed by atoms with Crippen molar-refractivity contribution >= 4 is 41.4 Å². The summed E-state index contributed by atoms with van der Waals surface area (Å²) in [6.07, 6.45) is -5.34. The van der Waals surface area contributed by atoms with Gasteiger partial charge in [-0.05, 0) is 84.6 Å². The number of unbranched alkanes of at least 4 members (excludes halogenated alkanes) is 1. The van der Waals surface area contributed by atoms with Crippen LogP contribution in [0.2, 0.25) is 0 Å². The van der Waals surface area contributed by atoms with Crippen molar-refractivity contribution in [2.24, 2.45) is 16.5 Å². The van der Waals surface area contributed by atoms with Crippen LogP contribution in [0.5, 0.6) is 17.2 Å². The number of nitrogens with zero attached hydrogens (tertiary/aromatic N) is 1. The number of guanidine groups is 1. The number of rotatable bonds is 16. The fourth-order valence-electron chi connectivity index (χ4n) is 4.34. The lowest BCUT2D eigenvalue weighted by molar-refractivity contribution is -0.193. The minimum Gasteiger partial charge on any atom is -0.504 e. The number of para-hydroxylation sites is 1. The number of benzene rings is 2. The van der Waals surface area contributed by atoms with Crippen LogP contribution in [-0.2, 0) is 39.8 Å². The van der Waals surface area contributed by atoms with Crippen LogP contribution in [0.3, 0.4) is 0 Å². The van der Waals surface area contributed by atoms with Crippen LogP contribution in [-0.4, -0.2) is 77.5 Å². The van der Waals surface area contributed by atoms with Gasteiger partial charge in [0.2, 0.25) is 5.91 Å². The second kappa shape index (κ2) is 18.8. The zero-order valence-corrected chi connectivity index (χ0v) is 30.3. The third-order valence-electron chi connectivity index (χ3n) is 6.42. The summed E-state index contributed by atoms with van der Waals surface area (Å²) in [5.41, 5.74) is 9.11. The molecule has 292 valence electrons. The maximum absolute atomic E-state index is 12.9. The third kappa shape index (κ3) is 16.1. The van der Waals surface area contributed by atoms with E-state index in [-0.39, 0.29) is 61.4 Å². The quantitative estimate of drug-likeness (QED) is 0.0469. The molecule has 53 heavy (non-hydrogen) atoms. The van der Waals surface area contributed by atoms with Gasteiger partial charge in [-0.1, -0.05) is 12.1 Å². The Morgan fingerprint density at radius 1 is 0.887 bits per heavy atom. The topological polar surface area (TPSA) is 228 Å². The SMILES string of the molecule is CC(C)(C)OC(=O)CC(NC(=O)CCc1cccc(O)c1OCCCCOc1cc(N=C(N)N)ccc1C(=O)OC(=O)C(F)(F)F)C(=O)OC(C)(C)C. The number of halogens is 3. The highest BCUT2D eigenvalue weighted by atomic mass is 19.4. The van der Waals surface area contributed by atoms with Gasteiger partial charge in [-0.3, -0.25) is 9.59 Å². The molecule has 2 aromatic carbocycles. The van der Waals surface area contributed by atoms with E-state index < -0.39 is 65.2 Å². The molecule has 0 bridgehead atoms. The lowest BCUT2D eigenvalue weighted by atomic mass is 10.1. The number of phenolic OH excluding ortho intramolecular Hbond substituents is 1. The van der Waals surface area contributed by atoms with E-state index in [0.29, 0.717) is 12.0 Å². The normalized spacial score (nSPS) is 12.2. The van der Waals surface area contributed by atoms with Gasteiger partial charge in [0.15, 0.2) is 17.5 Å². The number of aryl methyl sites for hydroxylation is 1. The average molecular weight is 755 g/mol. The first-order valence-electron chi connectivity index (χ1n) is 16.3. The molecule has 0 aliphatic carbocycles. The van der Waals surface area contributed by atoms with E-state index >= 15 is 0 Å². The molecule has 0 aliphatic rings. The van der Waals surface area contributed by atoms with Crippen molar-refractivity contribution in [1.82, 2.24) is 5.32 Å². The largest absolute Gasteiger partial charge is 0.504 e. The number of amides is 1. The second-order valence-corrected chi connectivity index (χ2v) is 13.5. The van der Waals surface area contributed by atoms with Crippen LogP contribution in [0.1, 0.15) is 83.1 Å². The maximum atomic E-state index is 12.9. The van der Waals surface area contributed by atoms with Gasteiger partial charge >= 0.3 is 30.1 Å². The molecule has 0 aromatic heterocycles. The molecule has 2 rings (SSSR count). The van der Waals surface area contributed by atoms with Gasteiger partial charge in [0.25, 0.3) is 0 Å². The number of aliphatic imine (C=N–C) groups is 1. The first-order valence-corrected chi connectivity index (χ1v) is 16.3. The molecule has 0 radical (unpaired) electrons. The fourth-order valence-corrected chi connectivity index (χ4v) is 4.34. The summed E-state index contributed by atoms with van der Waals surface area (Å²) in [5.74, 6) is -7.11. The van der Waals surface area contributed by atoms with Crippen LogP contribution < -0.4 is 26.3 Å². The molecule has 18 heteroatoms. The summed E-state index contributed by atoms with van der Waals surface area (Å²) in [4.78, 5) is 65.5. The molecule has 0 saturated heterocycles. The Morgan fingerprint density at radius 3 is 2.09 bits per heavy atom. The van der Waals surface area contributed by atoms with Crippen LogP contribution in [0.4, 0.5) is 18.9 Å². The standard InChI is InChI=1S/C35H45F3N4O11/c1-33(2,3)52-27(45)19-23(30(47)53-34(4,5)6)42-26(44)15-12-20-10-9-11-24(43)28(20)50-17-8-7-16-49-25-18-21(41-32(39)40)13-14-22(25)29(46)51-31(48)35(36,37)38/h9-11,13-14,18,23,43H,7-8,12,15-17,19H2,1-6H3,(H,42,44)(H4,39,40,41). The van der Waals surface area contributed by atoms with Gasteiger partial charge in [-0.25, -0.2) is 19.4 Å². The lowest BCUT2D eigenvalue weighted by Gasteiger charge is -2.25. The van der Waals surface area contributed by atoms with Gasteiger partial charge in [-0.2, -0.15) is 13.2 Å². The summed E-state index contributed by atoms with van der Waals surface area (Å²) in [6, 6.07) is 6.66. The van der Waals surface area contributed by atoms with Crippen molar-refractivity contribution in [2.45, 2.75) is 97.1 Å². The third-order valence-corrected chi connectivity index (χ3v) is 6.42. The zero-order valence-electron chi connectivity index (χ0n) is 30.3. The predicted molar refractivity (Wildman–Crippen MR) is 183 cm³/mol. The van der Waals surface area contributed by atoms with Crippen LogP contribution in [0.15, 0.2) is 41.4 Å². The fraction of sp³-hybridized carbons (Fsp3) is 0.486. The van der Waals surface area contributed by atoms with E-state index in [0.717, 1.165) is 6.07 Å². The Bertz CT molecular complexity index is 1660. The van der Waals surface area contributed by atoms with Crippen molar-refractivity contribution in [3.63, 3.8) is 0 Å². The molecule has 0 heterocycles. The molecule has 6 N–H and O–H groups in total. The Kier molecular flexibility index (Phi) is 15.5. The number of hydrogen-bond donors (Lipinski definition) is 4. The van der Waals surface area contributed by atoms with Crippen molar-refractivity contribution in [1.29, 1.82) is 0 Å². The molecular formula is C35H45F3N4O11. The summed E-state index contributed by atoms with van der Waals surface area (Å²) < 4.78 is 63.8. The van der Waals surface area contributed by atoms with Crippen molar-refractivity contribution in [3.05, 3.63) is 47.5 Å². The average Bonchev–Trinajstić information content (AvgIpc) is 2.99. The number of nitrogens with one attached hydrogen (secondary N) is 1. The predicted octanol–water partition coefficient (Wildman–Crippen LogP) is 4.27. The lowest BCUT2D eigenvalue weighted by Crippen LogP contribution is -2.46. The minimum absolute atomic E-state index is 0.0414. The van der Waals surface area contributed by atoms with Crippen LogP contribution in [0.25, 0.3) is 0 Å². The molecule has 1 unspecified atom stereocenters. The number of carbonyl (C=O) groups excluding carboxylic acids is 5. The highest BCUT2D eigenvalue weighted by Gasteiger charge is 2.43. The molecule has 1 amide bonds. The molecule has 0 saturated carbocycles. The van der Waals surface area contributed by atoms with E-state index in [2.05, 4.69) is 15.0 Å². The summed E-state index contributed by atoms with van der Waals surface area (Å²) in [7, 11) is 0. The Morgan fingerprint density at radius 2 is 1.51 bits per heavy atom. The number of ether oxygens (including phenoxy) is 5. The number of alkyl halides is 3. The van der Waals surface area contributed by atoms with Gasteiger partial charge in [-0.15, -0.1) is 0 Å². The minimum atomic E-state index is -5.40.